The Morgan fingerprint density at radius 1 is 1.29 bits per heavy atom. The van der Waals surface area contributed by atoms with Gasteiger partial charge in [0.2, 0.25) is 0 Å². The molecular weight excluding hydrogens is 206 g/mol. The summed E-state index contributed by atoms with van der Waals surface area (Å²) in [5.41, 5.74) is 0.688. The van der Waals surface area contributed by atoms with Gasteiger partial charge in [-0.05, 0) is 55.4 Å². The molecule has 0 aromatic rings. The van der Waals surface area contributed by atoms with E-state index in [-0.39, 0.29) is 0 Å². The van der Waals surface area contributed by atoms with Crippen molar-refractivity contribution in [2.24, 2.45) is 23.2 Å². The Balaban J connectivity index is 1.89. The van der Waals surface area contributed by atoms with Crippen molar-refractivity contribution in [1.29, 1.82) is 0 Å². The Morgan fingerprint density at radius 2 is 2.12 bits per heavy atom. The predicted molar refractivity (Wildman–Crippen MR) is 75.1 cm³/mol. The van der Waals surface area contributed by atoms with Gasteiger partial charge in [0.05, 0.1) is 0 Å². The third-order valence-electron chi connectivity index (χ3n) is 5.16. The topological polar surface area (TPSA) is 12.0 Å². The van der Waals surface area contributed by atoms with Crippen LogP contribution in [0.4, 0.5) is 0 Å². The first-order chi connectivity index (χ1) is 8.16. The molecule has 2 aliphatic rings. The molecule has 0 heterocycles. The third-order valence-corrected chi connectivity index (χ3v) is 5.16. The quantitative estimate of drug-likeness (QED) is 0.699. The van der Waals surface area contributed by atoms with E-state index < -0.39 is 0 Å². The van der Waals surface area contributed by atoms with E-state index in [2.05, 4.69) is 26.1 Å². The molecule has 0 aliphatic heterocycles. The predicted octanol–water partition coefficient (Wildman–Crippen LogP) is 4.23. The van der Waals surface area contributed by atoms with Crippen LogP contribution in [-0.4, -0.2) is 13.1 Å². The van der Waals surface area contributed by atoms with Gasteiger partial charge in [-0.3, -0.25) is 0 Å². The summed E-state index contributed by atoms with van der Waals surface area (Å²) in [6, 6.07) is 0. The van der Waals surface area contributed by atoms with E-state index in [0.717, 1.165) is 17.8 Å². The lowest BCUT2D eigenvalue weighted by molar-refractivity contribution is 0.137. The van der Waals surface area contributed by atoms with Crippen molar-refractivity contribution >= 4 is 0 Å². The Kier molecular flexibility index (Phi) is 4.52. The summed E-state index contributed by atoms with van der Waals surface area (Å²) < 4.78 is 0. The Morgan fingerprint density at radius 3 is 2.65 bits per heavy atom. The summed E-state index contributed by atoms with van der Waals surface area (Å²) in [4.78, 5) is 0. The van der Waals surface area contributed by atoms with Crippen molar-refractivity contribution in [2.45, 2.75) is 65.7 Å². The van der Waals surface area contributed by atoms with Crippen molar-refractivity contribution < 1.29 is 0 Å². The maximum atomic E-state index is 3.76. The van der Waals surface area contributed by atoms with E-state index in [1.807, 2.05) is 0 Å². The van der Waals surface area contributed by atoms with Crippen LogP contribution in [0.3, 0.4) is 0 Å². The molecule has 0 radical (unpaired) electrons. The van der Waals surface area contributed by atoms with E-state index in [1.165, 1.54) is 51.6 Å². The minimum absolute atomic E-state index is 0.688. The molecule has 2 aliphatic carbocycles. The van der Waals surface area contributed by atoms with E-state index in [4.69, 9.17) is 0 Å². The van der Waals surface area contributed by atoms with E-state index in [9.17, 15) is 0 Å². The molecule has 1 heteroatoms. The maximum absolute atomic E-state index is 3.76. The molecule has 2 bridgehead atoms. The molecule has 2 fully saturated rings. The van der Waals surface area contributed by atoms with Gasteiger partial charge in [-0.2, -0.15) is 0 Å². The maximum Gasteiger partial charge on any atom is 0.00107 e. The summed E-state index contributed by atoms with van der Waals surface area (Å²) in [7, 11) is 0. The lowest BCUT2D eigenvalue weighted by atomic mass is 9.70. The van der Waals surface area contributed by atoms with Crippen LogP contribution in [0.25, 0.3) is 0 Å². The molecular formula is C16H31N. The molecule has 17 heavy (non-hydrogen) atoms. The number of hydrogen-bond acceptors (Lipinski definition) is 1. The van der Waals surface area contributed by atoms with Crippen molar-refractivity contribution in [1.82, 2.24) is 5.32 Å². The number of hydrogen-bond donors (Lipinski definition) is 1. The summed E-state index contributed by atoms with van der Waals surface area (Å²) in [6.45, 7) is 9.46. The minimum atomic E-state index is 0.688. The van der Waals surface area contributed by atoms with Crippen molar-refractivity contribution in [3.05, 3.63) is 0 Å². The van der Waals surface area contributed by atoms with Gasteiger partial charge in [-0.1, -0.05) is 40.0 Å². The number of nitrogens with one attached hydrogen (secondary N) is 1. The molecule has 2 saturated carbocycles. The average molecular weight is 237 g/mol. The van der Waals surface area contributed by atoms with Gasteiger partial charge in [0.15, 0.2) is 0 Å². The Labute approximate surface area is 108 Å². The molecule has 0 aromatic heterocycles. The molecule has 0 amide bonds. The van der Waals surface area contributed by atoms with Gasteiger partial charge in [0, 0.05) is 6.54 Å². The second-order valence-electron chi connectivity index (χ2n) is 7.07. The highest BCUT2D eigenvalue weighted by molar-refractivity contribution is 5.01. The van der Waals surface area contributed by atoms with Gasteiger partial charge in [-0.25, -0.2) is 0 Å². The zero-order valence-corrected chi connectivity index (χ0v) is 12.1. The van der Waals surface area contributed by atoms with Crippen LogP contribution >= 0.6 is 0 Å². The first kappa shape index (κ1) is 13.4. The fraction of sp³-hybridized carbons (Fsp3) is 1.00. The van der Waals surface area contributed by atoms with Crippen LogP contribution in [-0.2, 0) is 0 Å². The van der Waals surface area contributed by atoms with Crippen LogP contribution in [0.2, 0.25) is 0 Å². The summed E-state index contributed by atoms with van der Waals surface area (Å²) in [5, 5.41) is 3.76. The highest BCUT2D eigenvalue weighted by atomic mass is 14.9. The molecule has 0 aromatic carbocycles. The van der Waals surface area contributed by atoms with Crippen LogP contribution in [0.1, 0.15) is 65.7 Å². The van der Waals surface area contributed by atoms with Gasteiger partial charge in [-0.15, -0.1) is 0 Å². The molecule has 3 atom stereocenters. The van der Waals surface area contributed by atoms with Crippen molar-refractivity contribution in [3.63, 3.8) is 0 Å². The van der Waals surface area contributed by atoms with Crippen LogP contribution in [0.5, 0.6) is 0 Å². The lowest BCUT2D eigenvalue weighted by Crippen LogP contribution is -2.39. The third kappa shape index (κ3) is 3.05. The van der Waals surface area contributed by atoms with Crippen LogP contribution in [0.15, 0.2) is 0 Å². The highest BCUT2D eigenvalue weighted by Gasteiger charge is 2.49. The summed E-state index contributed by atoms with van der Waals surface area (Å²) in [5.74, 6) is 2.92. The number of fused-ring (bicyclic) bond motifs is 2. The first-order valence-electron chi connectivity index (χ1n) is 7.87. The van der Waals surface area contributed by atoms with E-state index in [0.29, 0.717) is 5.41 Å². The lowest BCUT2D eigenvalue weighted by Gasteiger charge is -2.38. The molecule has 100 valence electrons. The SMILES string of the molecule is CCCCC1(CNCC(C)C)CC2CCC1C2. The van der Waals surface area contributed by atoms with E-state index >= 15 is 0 Å². The molecule has 1 N–H and O–H groups in total. The van der Waals surface area contributed by atoms with Crippen LogP contribution in [0, 0.1) is 23.2 Å². The average Bonchev–Trinajstić information content (AvgIpc) is 2.86. The second kappa shape index (κ2) is 5.73. The van der Waals surface area contributed by atoms with Gasteiger partial charge >= 0.3 is 0 Å². The van der Waals surface area contributed by atoms with Gasteiger partial charge in [0.25, 0.3) is 0 Å². The largest absolute Gasteiger partial charge is 0.316 e. The smallest absolute Gasteiger partial charge is 0.00107 e. The van der Waals surface area contributed by atoms with Crippen molar-refractivity contribution in [3.8, 4) is 0 Å². The highest BCUT2D eigenvalue weighted by Crippen LogP contribution is 2.57. The molecule has 3 unspecified atom stereocenters. The zero-order valence-electron chi connectivity index (χ0n) is 12.1. The molecule has 1 nitrogen and oxygen atoms in total. The number of unbranched alkanes of at least 4 members (excludes halogenated alkanes) is 1. The minimum Gasteiger partial charge on any atom is -0.316 e. The first-order valence-corrected chi connectivity index (χ1v) is 7.87. The second-order valence-corrected chi connectivity index (χ2v) is 7.07. The van der Waals surface area contributed by atoms with Gasteiger partial charge in [0.1, 0.15) is 0 Å². The zero-order chi connectivity index (χ0) is 12.3. The molecule has 0 saturated heterocycles. The fourth-order valence-electron chi connectivity index (χ4n) is 4.31. The monoisotopic (exact) mass is 237 g/mol. The molecule has 2 rings (SSSR count). The Hall–Kier alpha value is -0.0400. The van der Waals surface area contributed by atoms with E-state index in [1.54, 1.807) is 6.42 Å². The molecule has 0 spiro atoms. The Bertz CT molecular complexity index is 236. The summed E-state index contributed by atoms with van der Waals surface area (Å²) in [6.07, 6.45) is 10.4. The summed E-state index contributed by atoms with van der Waals surface area (Å²) >= 11 is 0. The fourth-order valence-corrected chi connectivity index (χ4v) is 4.31. The standard InChI is InChI=1S/C16H31N/c1-4-5-8-16(12-17-11-13(2)3)10-14-6-7-15(16)9-14/h13-15,17H,4-12H2,1-3H3. The van der Waals surface area contributed by atoms with Gasteiger partial charge < -0.3 is 5.32 Å². The van der Waals surface area contributed by atoms with Crippen molar-refractivity contribution in [2.75, 3.05) is 13.1 Å². The normalized spacial score (nSPS) is 36.0. The number of rotatable bonds is 7. The van der Waals surface area contributed by atoms with Crippen LogP contribution < -0.4 is 5.32 Å².